The van der Waals surface area contributed by atoms with Gasteiger partial charge in [-0.25, -0.2) is 4.98 Å². The largest absolute Gasteiger partial charge is 0.339 e. The maximum Gasteiger partial charge on any atom is 0.219 e. The molecule has 0 atom stereocenters. The van der Waals surface area contributed by atoms with E-state index in [4.69, 9.17) is 0 Å². The first kappa shape index (κ1) is 13.3. The molecule has 0 aliphatic carbocycles. The quantitative estimate of drug-likeness (QED) is 0.796. The van der Waals surface area contributed by atoms with Crippen LogP contribution >= 0.6 is 0 Å². The number of aryl methyl sites for hydroxylation is 1. The van der Waals surface area contributed by atoms with Gasteiger partial charge in [-0.15, -0.1) is 0 Å². The summed E-state index contributed by atoms with van der Waals surface area (Å²) in [5, 5.41) is 0. The molecule has 0 aliphatic rings. The third kappa shape index (κ3) is 4.25. The van der Waals surface area contributed by atoms with Gasteiger partial charge >= 0.3 is 0 Å². The van der Waals surface area contributed by atoms with Crippen molar-refractivity contribution in [3.05, 3.63) is 54.6 Å². The Hall–Kier alpha value is -2.10. The summed E-state index contributed by atoms with van der Waals surface area (Å²) in [6, 6.07) is 10.1. The number of imidazole rings is 1. The molecule has 0 unspecified atom stereocenters. The number of amides is 1. The minimum Gasteiger partial charge on any atom is -0.339 e. The highest BCUT2D eigenvalue weighted by atomic mass is 16.2. The number of rotatable bonds is 6. The van der Waals surface area contributed by atoms with E-state index in [1.165, 1.54) is 5.56 Å². The van der Waals surface area contributed by atoms with Crippen LogP contribution < -0.4 is 0 Å². The predicted molar refractivity (Wildman–Crippen MR) is 74.4 cm³/mol. The van der Waals surface area contributed by atoms with Crippen molar-refractivity contribution in [2.45, 2.75) is 26.4 Å². The predicted octanol–water partition coefficient (Wildman–Crippen LogP) is 2.32. The van der Waals surface area contributed by atoms with Gasteiger partial charge < -0.3 is 9.47 Å². The first-order chi connectivity index (χ1) is 9.25. The Morgan fingerprint density at radius 2 is 2.11 bits per heavy atom. The van der Waals surface area contributed by atoms with E-state index in [0.717, 1.165) is 19.5 Å². The van der Waals surface area contributed by atoms with Gasteiger partial charge in [0, 0.05) is 39.0 Å². The Kier molecular flexibility index (Phi) is 4.72. The lowest BCUT2D eigenvalue weighted by atomic mass is 10.2. The van der Waals surface area contributed by atoms with Crippen LogP contribution in [-0.2, 0) is 17.9 Å². The van der Waals surface area contributed by atoms with Crippen LogP contribution in [0, 0.1) is 0 Å². The molecule has 0 saturated heterocycles. The van der Waals surface area contributed by atoms with E-state index in [1.807, 2.05) is 46.0 Å². The summed E-state index contributed by atoms with van der Waals surface area (Å²) in [6.45, 7) is 3.96. The lowest BCUT2D eigenvalue weighted by Gasteiger charge is -2.21. The molecule has 0 radical (unpaired) electrons. The molecule has 19 heavy (non-hydrogen) atoms. The van der Waals surface area contributed by atoms with E-state index in [2.05, 4.69) is 4.98 Å². The summed E-state index contributed by atoms with van der Waals surface area (Å²) in [4.78, 5) is 17.5. The van der Waals surface area contributed by atoms with E-state index in [1.54, 1.807) is 19.4 Å². The van der Waals surface area contributed by atoms with Gasteiger partial charge in [0.1, 0.15) is 0 Å². The van der Waals surface area contributed by atoms with Gasteiger partial charge in [-0.3, -0.25) is 4.79 Å². The van der Waals surface area contributed by atoms with Gasteiger partial charge in [0.25, 0.3) is 0 Å². The first-order valence-electron chi connectivity index (χ1n) is 6.51. The highest BCUT2D eigenvalue weighted by Crippen LogP contribution is 2.06. The van der Waals surface area contributed by atoms with Gasteiger partial charge in [0.15, 0.2) is 0 Å². The molecule has 4 heteroatoms. The van der Waals surface area contributed by atoms with Crippen molar-refractivity contribution in [1.29, 1.82) is 0 Å². The van der Waals surface area contributed by atoms with Crippen molar-refractivity contribution in [2.24, 2.45) is 0 Å². The van der Waals surface area contributed by atoms with Crippen LogP contribution in [-0.4, -0.2) is 26.9 Å². The van der Waals surface area contributed by atoms with Crippen LogP contribution in [0.4, 0.5) is 0 Å². The molecule has 0 aliphatic heterocycles. The van der Waals surface area contributed by atoms with E-state index in [-0.39, 0.29) is 5.91 Å². The molecule has 2 aromatic rings. The lowest BCUT2D eigenvalue weighted by Crippen LogP contribution is -2.29. The molecule has 0 spiro atoms. The summed E-state index contributed by atoms with van der Waals surface area (Å²) < 4.78 is 2.03. The first-order valence-corrected chi connectivity index (χ1v) is 6.51. The van der Waals surface area contributed by atoms with E-state index >= 15 is 0 Å². The summed E-state index contributed by atoms with van der Waals surface area (Å²) in [7, 11) is 0. The molecule has 1 aromatic heterocycles. The van der Waals surface area contributed by atoms with Crippen LogP contribution in [0.25, 0.3) is 0 Å². The average molecular weight is 257 g/mol. The molecule has 1 heterocycles. The number of hydrogen-bond donors (Lipinski definition) is 0. The summed E-state index contributed by atoms with van der Waals surface area (Å²) in [5.74, 6) is 0.120. The normalized spacial score (nSPS) is 10.4. The molecule has 0 N–H and O–H groups in total. The number of carbonyl (C=O) groups is 1. The van der Waals surface area contributed by atoms with E-state index in [9.17, 15) is 4.79 Å². The Bertz CT molecular complexity index is 493. The number of nitrogens with zero attached hydrogens (tertiary/aromatic N) is 3. The highest BCUT2D eigenvalue weighted by Gasteiger charge is 2.08. The molecule has 1 aromatic carbocycles. The molecule has 0 bridgehead atoms. The average Bonchev–Trinajstić information content (AvgIpc) is 2.92. The molecular formula is C15H19N3O. The van der Waals surface area contributed by atoms with Crippen molar-refractivity contribution in [3.63, 3.8) is 0 Å². The highest BCUT2D eigenvalue weighted by molar-refractivity contribution is 5.73. The zero-order chi connectivity index (χ0) is 13.5. The van der Waals surface area contributed by atoms with Crippen molar-refractivity contribution in [3.8, 4) is 0 Å². The second-order valence-electron chi connectivity index (χ2n) is 4.58. The van der Waals surface area contributed by atoms with Gasteiger partial charge in [0.05, 0.1) is 6.33 Å². The number of hydrogen-bond acceptors (Lipinski definition) is 2. The fourth-order valence-electron chi connectivity index (χ4n) is 2.01. The van der Waals surface area contributed by atoms with Gasteiger partial charge in [0.2, 0.25) is 5.91 Å². The van der Waals surface area contributed by atoms with Gasteiger partial charge in [-0.1, -0.05) is 30.3 Å². The van der Waals surface area contributed by atoms with Crippen LogP contribution in [0.2, 0.25) is 0 Å². The van der Waals surface area contributed by atoms with Gasteiger partial charge in [-0.2, -0.15) is 0 Å². The van der Waals surface area contributed by atoms with E-state index in [0.29, 0.717) is 6.54 Å². The number of aromatic nitrogens is 2. The minimum atomic E-state index is 0.120. The summed E-state index contributed by atoms with van der Waals surface area (Å²) in [6.07, 6.45) is 6.44. The second kappa shape index (κ2) is 6.73. The topological polar surface area (TPSA) is 38.1 Å². The van der Waals surface area contributed by atoms with Crippen molar-refractivity contribution in [1.82, 2.24) is 14.5 Å². The molecule has 2 rings (SSSR count). The monoisotopic (exact) mass is 257 g/mol. The van der Waals surface area contributed by atoms with Crippen LogP contribution in [0.1, 0.15) is 18.9 Å². The Morgan fingerprint density at radius 1 is 1.32 bits per heavy atom. The molecule has 0 saturated carbocycles. The summed E-state index contributed by atoms with van der Waals surface area (Å²) in [5.41, 5.74) is 1.17. The van der Waals surface area contributed by atoms with E-state index < -0.39 is 0 Å². The fraction of sp³-hybridized carbons (Fsp3) is 0.333. The zero-order valence-corrected chi connectivity index (χ0v) is 11.2. The lowest BCUT2D eigenvalue weighted by molar-refractivity contribution is -0.129. The Balaban J connectivity index is 1.84. The number of benzene rings is 1. The Morgan fingerprint density at radius 3 is 2.74 bits per heavy atom. The second-order valence-corrected chi connectivity index (χ2v) is 4.58. The van der Waals surface area contributed by atoms with Gasteiger partial charge in [-0.05, 0) is 12.0 Å². The Labute approximate surface area is 113 Å². The minimum absolute atomic E-state index is 0.120. The van der Waals surface area contributed by atoms with Crippen molar-refractivity contribution >= 4 is 5.91 Å². The maximum atomic E-state index is 11.6. The third-order valence-corrected chi connectivity index (χ3v) is 3.07. The van der Waals surface area contributed by atoms with Crippen LogP contribution in [0.3, 0.4) is 0 Å². The molecule has 1 amide bonds. The third-order valence-electron chi connectivity index (χ3n) is 3.07. The van der Waals surface area contributed by atoms with Crippen LogP contribution in [0.15, 0.2) is 49.1 Å². The molecule has 4 nitrogen and oxygen atoms in total. The smallest absolute Gasteiger partial charge is 0.219 e. The molecule has 100 valence electrons. The van der Waals surface area contributed by atoms with Crippen LogP contribution in [0.5, 0.6) is 0 Å². The fourth-order valence-corrected chi connectivity index (χ4v) is 2.01. The number of carbonyl (C=O) groups excluding carboxylic acids is 1. The molecular weight excluding hydrogens is 238 g/mol. The maximum absolute atomic E-state index is 11.6. The van der Waals surface area contributed by atoms with Crippen molar-refractivity contribution < 1.29 is 4.79 Å². The summed E-state index contributed by atoms with van der Waals surface area (Å²) >= 11 is 0. The SMILES string of the molecule is CC(=O)N(CCCn1ccnc1)Cc1ccccc1. The zero-order valence-electron chi connectivity index (χ0n) is 11.2. The van der Waals surface area contributed by atoms with Crippen molar-refractivity contribution in [2.75, 3.05) is 6.54 Å². The molecule has 0 fully saturated rings. The standard InChI is InChI=1S/C15H19N3O/c1-14(19)18(12-15-6-3-2-4-7-15)10-5-9-17-11-8-16-13-17/h2-4,6-8,11,13H,5,9-10,12H2,1H3.